The van der Waals surface area contributed by atoms with Crippen molar-refractivity contribution in [1.29, 1.82) is 0 Å². The zero-order valence-electron chi connectivity index (χ0n) is 11.8. The Labute approximate surface area is 126 Å². The van der Waals surface area contributed by atoms with Crippen molar-refractivity contribution >= 4 is 28.6 Å². The molecule has 0 amide bonds. The number of hydrogen-bond acceptors (Lipinski definition) is 3. The van der Waals surface area contributed by atoms with Crippen molar-refractivity contribution in [3.63, 3.8) is 0 Å². The van der Waals surface area contributed by atoms with Crippen LogP contribution >= 0.6 is 11.6 Å². The average molecular weight is 309 g/mol. The van der Waals surface area contributed by atoms with Gasteiger partial charge < -0.3 is 9.72 Å². The van der Waals surface area contributed by atoms with Crippen molar-refractivity contribution in [2.45, 2.75) is 31.7 Å². The summed E-state index contributed by atoms with van der Waals surface area (Å²) in [6.07, 6.45) is 3.08. The second-order valence-electron chi connectivity index (χ2n) is 5.46. The number of nitrogens with zero attached hydrogens (tertiary/aromatic N) is 1. The number of esters is 1. The molecule has 2 aromatic rings. The molecule has 0 spiro atoms. The maximum absolute atomic E-state index is 12.2. The first-order valence-electron chi connectivity index (χ1n) is 7.08. The lowest BCUT2D eigenvalue weighted by Gasteiger charge is -2.27. The zero-order valence-corrected chi connectivity index (χ0v) is 12.5. The second-order valence-corrected chi connectivity index (χ2v) is 5.87. The largest absolute Gasteiger partial charge is 0.469 e. The van der Waals surface area contributed by atoms with Crippen LogP contribution in [0.3, 0.4) is 0 Å². The van der Waals surface area contributed by atoms with Gasteiger partial charge in [-0.1, -0.05) is 17.7 Å². The van der Waals surface area contributed by atoms with Crippen molar-refractivity contribution < 1.29 is 9.53 Å². The van der Waals surface area contributed by atoms with Crippen LogP contribution in [0.25, 0.3) is 11.0 Å². The van der Waals surface area contributed by atoms with E-state index in [1.54, 1.807) is 10.6 Å². The molecule has 1 aromatic heterocycles. The van der Waals surface area contributed by atoms with E-state index in [-0.39, 0.29) is 23.6 Å². The summed E-state index contributed by atoms with van der Waals surface area (Å²) in [7, 11) is 1.42. The monoisotopic (exact) mass is 308 g/mol. The zero-order chi connectivity index (χ0) is 15.0. The minimum Gasteiger partial charge on any atom is -0.469 e. The Morgan fingerprint density at radius 2 is 2.05 bits per heavy atom. The number of benzene rings is 1. The fourth-order valence-electron chi connectivity index (χ4n) is 3.21. The van der Waals surface area contributed by atoms with Crippen molar-refractivity contribution in [3.05, 3.63) is 33.7 Å². The number of aromatic amines is 1. The summed E-state index contributed by atoms with van der Waals surface area (Å²) in [5, 5.41) is 0.548. The van der Waals surface area contributed by atoms with Gasteiger partial charge in [0.1, 0.15) is 0 Å². The molecule has 1 heterocycles. The summed E-state index contributed by atoms with van der Waals surface area (Å²) in [6, 6.07) is 5.60. The van der Waals surface area contributed by atoms with E-state index in [1.807, 2.05) is 12.1 Å². The number of aromatic nitrogens is 2. The molecule has 0 bridgehead atoms. The summed E-state index contributed by atoms with van der Waals surface area (Å²) < 4.78 is 6.57. The highest BCUT2D eigenvalue weighted by Gasteiger charge is 2.29. The summed E-state index contributed by atoms with van der Waals surface area (Å²) >= 11 is 6.12. The highest BCUT2D eigenvalue weighted by Crippen LogP contribution is 2.34. The van der Waals surface area contributed by atoms with Gasteiger partial charge in [-0.25, -0.2) is 4.79 Å². The number of para-hydroxylation sites is 1. The summed E-state index contributed by atoms with van der Waals surface area (Å²) in [5.74, 6) is -0.196. The smallest absolute Gasteiger partial charge is 0.326 e. The normalized spacial score (nSPS) is 22.4. The molecular weight excluding hydrogens is 292 g/mol. The molecule has 0 aliphatic heterocycles. The Balaban J connectivity index is 1.89. The fourth-order valence-corrected chi connectivity index (χ4v) is 3.43. The van der Waals surface area contributed by atoms with Gasteiger partial charge in [-0.05, 0) is 37.8 Å². The molecule has 1 aromatic carbocycles. The van der Waals surface area contributed by atoms with Gasteiger partial charge in [0, 0.05) is 6.04 Å². The molecule has 0 radical (unpaired) electrons. The molecule has 5 nitrogen and oxygen atoms in total. The predicted molar refractivity (Wildman–Crippen MR) is 80.6 cm³/mol. The van der Waals surface area contributed by atoms with Gasteiger partial charge >= 0.3 is 11.7 Å². The first-order valence-corrected chi connectivity index (χ1v) is 7.46. The van der Waals surface area contributed by atoms with Gasteiger partial charge in [0.25, 0.3) is 0 Å². The van der Waals surface area contributed by atoms with Crippen LogP contribution in [0, 0.1) is 5.92 Å². The number of methoxy groups -OCH3 is 1. The summed E-state index contributed by atoms with van der Waals surface area (Å²) in [6.45, 7) is 0. The lowest BCUT2D eigenvalue weighted by molar-refractivity contribution is -0.146. The van der Waals surface area contributed by atoms with E-state index in [0.29, 0.717) is 10.5 Å². The molecule has 3 rings (SSSR count). The van der Waals surface area contributed by atoms with Gasteiger partial charge in [0.2, 0.25) is 0 Å². The molecule has 1 N–H and O–H groups in total. The van der Waals surface area contributed by atoms with Crippen LogP contribution in [-0.2, 0) is 9.53 Å². The molecule has 1 aliphatic rings. The lowest BCUT2D eigenvalue weighted by atomic mass is 9.86. The Morgan fingerprint density at radius 3 is 2.71 bits per heavy atom. The SMILES string of the molecule is COC(=O)C1CCC(n2c(=O)[nH]c3c(Cl)cccc32)CC1. The van der Waals surface area contributed by atoms with Crippen molar-refractivity contribution in [2.75, 3.05) is 7.11 Å². The van der Waals surface area contributed by atoms with E-state index in [4.69, 9.17) is 16.3 Å². The molecule has 1 aliphatic carbocycles. The quantitative estimate of drug-likeness (QED) is 0.868. The maximum atomic E-state index is 12.2. The number of rotatable bonds is 2. The number of carbonyl (C=O) groups excluding carboxylic acids is 1. The van der Waals surface area contributed by atoms with Crippen molar-refractivity contribution in [3.8, 4) is 0 Å². The van der Waals surface area contributed by atoms with Crippen molar-refractivity contribution in [1.82, 2.24) is 9.55 Å². The second kappa shape index (κ2) is 5.56. The fraction of sp³-hybridized carbons (Fsp3) is 0.467. The van der Waals surface area contributed by atoms with Gasteiger partial charge in [-0.15, -0.1) is 0 Å². The van der Waals surface area contributed by atoms with Gasteiger partial charge in [0.05, 0.1) is 29.1 Å². The van der Waals surface area contributed by atoms with Crippen LogP contribution in [0.5, 0.6) is 0 Å². The number of nitrogens with one attached hydrogen (secondary N) is 1. The van der Waals surface area contributed by atoms with Crippen LogP contribution < -0.4 is 5.69 Å². The standard InChI is InChI=1S/C15H17ClN2O3/c1-21-14(19)9-5-7-10(8-6-9)18-12-4-2-3-11(16)13(12)17-15(18)20/h2-4,9-10H,5-8H2,1H3,(H,17,20). The molecule has 0 unspecified atom stereocenters. The number of hydrogen-bond donors (Lipinski definition) is 1. The number of imidazole rings is 1. The van der Waals surface area contributed by atoms with Gasteiger partial charge in [0.15, 0.2) is 0 Å². The number of fused-ring (bicyclic) bond motifs is 1. The summed E-state index contributed by atoms with van der Waals surface area (Å²) in [4.78, 5) is 26.6. The molecular formula is C15H17ClN2O3. The van der Waals surface area contributed by atoms with Crippen LogP contribution in [0.15, 0.2) is 23.0 Å². The van der Waals surface area contributed by atoms with E-state index in [0.717, 1.165) is 31.2 Å². The molecule has 112 valence electrons. The third-order valence-electron chi connectivity index (χ3n) is 4.30. The van der Waals surface area contributed by atoms with Crippen LogP contribution in [-0.4, -0.2) is 22.6 Å². The molecule has 0 atom stereocenters. The third kappa shape index (κ3) is 2.46. The van der Waals surface area contributed by atoms with E-state index < -0.39 is 0 Å². The Hall–Kier alpha value is -1.75. The number of H-pyrrole nitrogens is 1. The number of ether oxygens (including phenoxy) is 1. The molecule has 1 fully saturated rings. The van der Waals surface area contributed by atoms with E-state index in [2.05, 4.69) is 4.98 Å². The van der Waals surface area contributed by atoms with Crippen molar-refractivity contribution in [2.24, 2.45) is 5.92 Å². The van der Waals surface area contributed by atoms with Crippen LogP contribution in [0.4, 0.5) is 0 Å². The maximum Gasteiger partial charge on any atom is 0.326 e. The Kier molecular flexibility index (Phi) is 3.76. The summed E-state index contributed by atoms with van der Waals surface area (Å²) in [5.41, 5.74) is 1.37. The predicted octanol–water partition coefficient (Wildman–Crippen LogP) is 2.89. The van der Waals surface area contributed by atoms with Crippen LogP contribution in [0.1, 0.15) is 31.7 Å². The van der Waals surface area contributed by atoms with E-state index in [1.165, 1.54) is 7.11 Å². The third-order valence-corrected chi connectivity index (χ3v) is 4.61. The Bertz CT molecular complexity index is 726. The molecule has 0 saturated heterocycles. The van der Waals surface area contributed by atoms with E-state index >= 15 is 0 Å². The minimum absolute atomic E-state index is 0.0456. The topological polar surface area (TPSA) is 64.1 Å². The number of carbonyl (C=O) groups is 1. The highest BCUT2D eigenvalue weighted by atomic mass is 35.5. The first kappa shape index (κ1) is 14.2. The van der Waals surface area contributed by atoms with Gasteiger partial charge in [-0.3, -0.25) is 9.36 Å². The average Bonchev–Trinajstić information content (AvgIpc) is 2.84. The van der Waals surface area contributed by atoms with Gasteiger partial charge in [-0.2, -0.15) is 0 Å². The Morgan fingerprint density at radius 1 is 1.33 bits per heavy atom. The molecule has 1 saturated carbocycles. The minimum atomic E-state index is -0.150. The van der Waals surface area contributed by atoms with E-state index in [9.17, 15) is 9.59 Å². The molecule has 21 heavy (non-hydrogen) atoms. The highest BCUT2D eigenvalue weighted by molar-refractivity contribution is 6.34. The lowest BCUT2D eigenvalue weighted by Crippen LogP contribution is -2.29. The van der Waals surface area contributed by atoms with Crippen LogP contribution in [0.2, 0.25) is 5.02 Å². The first-order chi connectivity index (χ1) is 10.1. The molecule has 6 heteroatoms. The number of halogens is 1.